The first-order valence-electron chi connectivity index (χ1n) is 4.56. The Bertz CT molecular complexity index is 527. The van der Waals surface area contributed by atoms with E-state index in [4.69, 9.17) is 5.11 Å². The molecular formula is C12H10NO2+. The quantitative estimate of drug-likeness (QED) is 0.347. The molecule has 0 radical (unpaired) electrons. The van der Waals surface area contributed by atoms with E-state index in [0.29, 0.717) is 6.29 Å². The van der Waals surface area contributed by atoms with Crippen molar-refractivity contribution in [3.05, 3.63) is 48.9 Å². The van der Waals surface area contributed by atoms with Crippen molar-refractivity contribution in [1.29, 1.82) is 0 Å². The van der Waals surface area contributed by atoms with Gasteiger partial charge in [0.25, 0.3) is 5.70 Å². The summed E-state index contributed by atoms with van der Waals surface area (Å²) in [5.74, 6) is 0. The topological polar surface area (TPSA) is 41.2 Å². The molecule has 3 heteroatoms. The molecule has 0 bridgehead atoms. The standard InChI is InChI=1S/C12H9NO2/c14-8-11(9-15)13-7-3-5-10-4-1-2-6-12(10)13/h1-9H/p+1. The number of allylic oxidation sites excluding steroid dienone is 1. The van der Waals surface area contributed by atoms with Gasteiger partial charge in [-0.15, -0.1) is 0 Å². The molecule has 15 heavy (non-hydrogen) atoms. The lowest BCUT2D eigenvalue weighted by Gasteiger charge is -1.97. The second kappa shape index (κ2) is 3.92. The van der Waals surface area contributed by atoms with Crippen molar-refractivity contribution >= 4 is 22.9 Å². The fourth-order valence-corrected chi connectivity index (χ4v) is 1.54. The average molecular weight is 200 g/mol. The van der Waals surface area contributed by atoms with Crippen molar-refractivity contribution in [3.8, 4) is 0 Å². The number of hydrogen-bond donors (Lipinski definition) is 1. The lowest BCUT2D eigenvalue weighted by atomic mass is 10.2. The number of aliphatic hydroxyl groups is 1. The lowest BCUT2D eigenvalue weighted by Crippen LogP contribution is -2.33. The van der Waals surface area contributed by atoms with Crippen LogP contribution >= 0.6 is 0 Å². The maximum atomic E-state index is 10.7. The van der Waals surface area contributed by atoms with E-state index in [0.717, 1.165) is 17.2 Å². The van der Waals surface area contributed by atoms with Gasteiger partial charge in [0.15, 0.2) is 12.5 Å². The zero-order chi connectivity index (χ0) is 10.7. The summed E-state index contributed by atoms with van der Waals surface area (Å²) in [4.78, 5) is 10.7. The van der Waals surface area contributed by atoms with E-state index >= 15 is 0 Å². The minimum absolute atomic E-state index is 0.215. The summed E-state index contributed by atoms with van der Waals surface area (Å²) in [6.45, 7) is 0. The molecule has 2 rings (SSSR count). The third kappa shape index (κ3) is 1.59. The molecule has 1 heterocycles. The number of carbonyl (C=O) groups excluding carboxylic acids is 1. The van der Waals surface area contributed by atoms with Gasteiger partial charge in [0, 0.05) is 17.5 Å². The second-order valence-electron chi connectivity index (χ2n) is 3.11. The van der Waals surface area contributed by atoms with Crippen LogP contribution in [0.4, 0.5) is 0 Å². The molecule has 1 N–H and O–H groups in total. The molecule has 0 atom stereocenters. The SMILES string of the molecule is O=C/C(=C\O)[n+]1cccc2ccccc21. The van der Waals surface area contributed by atoms with Gasteiger partial charge in [0.1, 0.15) is 0 Å². The molecule has 0 aliphatic heterocycles. The molecule has 2 aromatic rings. The highest BCUT2D eigenvalue weighted by molar-refractivity contribution is 5.94. The number of carbonyl (C=O) groups is 1. The minimum Gasteiger partial charge on any atom is -0.509 e. The van der Waals surface area contributed by atoms with Gasteiger partial charge >= 0.3 is 0 Å². The highest BCUT2D eigenvalue weighted by atomic mass is 16.2. The number of nitrogens with zero attached hydrogens (tertiary/aromatic N) is 1. The van der Waals surface area contributed by atoms with Gasteiger partial charge in [0.2, 0.25) is 11.8 Å². The van der Waals surface area contributed by atoms with E-state index in [1.165, 1.54) is 0 Å². The summed E-state index contributed by atoms with van der Waals surface area (Å²) in [7, 11) is 0. The van der Waals surface area contributed by atoms with Gasteiger partial charge in [-0.3, -0.25) is 4.79 Å². The molecule has 74 valence electrons. The zero-order valence-electron chi connectivity index (χ0n) is 8.00. The fraction of sp³-hybridized carbons (Fsp3) is 0. The Balaban J connectivity index is 2.76. The van der Waals surface area contributed by atoms with Gasteiger partial charge in [-0.25, -0.2) is 0 Å². The van der Waals surface area contributed by atoms with Crippen LogP contribution < -0.4 is 4.57 Å². The van der Waals surface area contributed by atoms with E-state index in [1.807, 2.05) is 36.4 Å². The monoisotopic (exact) mass is 200 g/mol. The molecule has 0 spiro atoms. The third-order valence-electron chi connectivity index (χ3n) is 2.24. The van der Waals surface area contributed by atoms with Crippen molar-refractivity contribution in [2.24, 2.45) is 0 Å². The Kier molecular flexibility index (Phi) is 2.46. The Morgan fingerprint density at radius 2 is 1.93 bits per heavy atom. The number of hydrogen-bond acceptors (Lipinski definition) is 2. The first kappa shape index (κ1) is 9.40. The van der Waals surface area contributed by atoms with Gasteiger partial charge < -0.3 is 5.11 Å². The normalized spacial score (nSPS) is 11.6. The first-order valence-corrected chi connectivity index (χ1v) is 4.56. The van der Waals surface area contributed by atoms with E-state index in [-0.39, 0.29) is 5.70 Å². The summed E-state index contributed by atoms with van der Waals surface area (Å²) < 4.78 is 1.64. The van der Waals surface area contributed by atoms with Crippen LogP contribution in [0.2, 0.25) is 0 Å². The van der Waals surface area contributed by atoms with E-state index in [2.05, 4.69) is 0 Å². The summed E-state index contributed by atoms with van der Waals surface area (Å²) in [5.41, 5.74) is 1.10. The van der Waals surface area contributed by atoms with Crippen LogP contribution in [0, 0.1) is 0 Å². The third-order valence-corrected chi connectivity index (χ3v) is 2.24. The second-order valence-corrected chi connectivity index (χ2v) is 3.11. The van der Waals surface area contributed by atoms with Crippen molar-refractivity contribution in [2.45, 2.75) is 0 Å². The summed E-state index contributed by atoms with van der Waals surface area (Å²) >= 11 is 0. The average Bonchev–Trinajstić information content (AvgIpc) is 2.31. The minimum atomic E-state index is 0.215. The van der Waals surface area contributed by atoms with Crippen LogP contribution in [-0.2, 0) is 4.79 Å². The molecule has 0 fully saturated rings. The molecular weight excluding hydrogens is 190 g/mol. The van der Waals surface area contributed by atoms with Crippen LogP contribution in [0.5, 0.6) is 0 Å². The van der Waals surface area contributed by atoms with Crippen LogP contribution in [0.25, 0.3) is 16.6 Å². The molecule has 0 aliphatic rings. The first-order chi connectivity index (χ1) is 7.36. The smallest absolute Gasteiger partial charge is 0.285 e. The van der Waals surface area contributed by atoms with E-state index < -0.39 is 0 Å². The van der Waals surface area contributed by atoms with E-state index in [9.17, 15) is 4.79 Å². The molecule has 0 aliphatic carbocycles. The predicted octanol–water partition coefficient (Wildman–Crippen LogP) is 1.68. The van der Waals surface area contributed by atoms with Crippen molar-refractivity contribution in [3.63, 3.8) is 0 Å². The Morgan fingerprint density at radius 3 is 2.67 bits per heavy atom. The van der Waals surface area contributed by atoms with Gasteiger partial charge in [0.05, 0.1) is 0 Å². The summed E-state index contributed by atoms with van der Waals surface area (Å²) in [5, 5.41) is 9.94. The molecule has 0 saturated heterocycles. The van der Waals surface area contributed by atoms with Crippen molar-refractivity contribution < 1.29 is 14.5 Å². The number of rotatable bonds is 2. The highest BCUT2D eigenvalue weighted by Crippen LogP contribution is 2.09. The molecule has 0 saturated carbocycles. The number of aromatic nitrogens is 1. The molecule has 3 nitrogen and oxygen atoms in total. The van der Waals surface area contributed by atoms with Crippen LogP contribution in [0.3, 0.4) is 0 Å². The number of fused-ring (bicyclic) bond motifs is 1. The van der Waals surface area contributed by atoms with E-state index in [1.54, 1.807) is 10.8 Å². The largest absolute Gasteiger partial charge is 0.509 e. The van der Waals surface area contributed by atoms with Crippen molar-refractivity contribution in [1.82, 2.24) is 0 Å². The van der Waals surface area contributed by atoms with Crippen LogP contribution in [0.15, 0.2) is 48.9 Å². The van der Waals surface area contributed by atoms with Crippen molar-refractivity contribution in [2.75, 3.05) is 0 Å². The Labute approximate surface area is 86.9 Å². The number of pyridine rings is 1. The van der Waals surface area contributed by atoms with Gasteiger partial charge in [-0.05, 0) is 12.1 Å². The number of aldehydes is 1. The van der Waals surface area contributed by atoms with Gasteiger partial charge in [-0.1, -0.05) is 12.1 Å². The Hall–Kier alpha value is -2.16. The molecule has 0 unspecified atom stereocenters. The maximum Gasteiger partial charge on any atom is 0.285 e. The number of aliphatic hydroxyl groups excluding tert-OH is 1. The fourth-order valence-electron chi connectivity index (χ4n) is 1.54. The van der Waals surface area contributed by atoms with Crippen LogP contribution in [-0.4, -0.2) is 11.4 Å². The molecule has 1 aromatic carbocycles. The van der Waals surface area contributed by atoms with Gasteiger partial charge in [-0.2, -0.15) is 4.57 Å². The Morgan fingerprint density at radius 1 is 1.20 bits per heavy atom. The highest BCUT2D eigenvalue weighted by Gasteiger charge is 2.13. The van der Waals surface area contributed by atoms with Crippen LogP contribution in [0.1, 0.15) is 0 Å². The summed E-state index contributed by atoms with van der Waals surface area (Å²) in [6.07, 6.45) is 3.16. The zero-order valence-corrected chi connectivity index (χ0v) is 8.00. The number of benzene rings is 1. The lowest BCUT2D eigenvalue weighted by molar-refractivity contribution is -0.548. The number of para-hydroxylation sites is 1. The maximum absolute atomic E-state index is 10.7. The predicted molar refractivity (Wildman–Crippen MR) is 57.1 cm³/mol. The molecule has 1 aromatic heterocycles. The molecule has 0 amide bonds. The summed E-state index contributed by atoms with van der Waals surface area (Å²) in [6, 6.07) is 11.4.